The lowest BCUT2D eigenvalue weighted by Crippen LogP contribution is -2.31. The van der Waals surface area contributed by atoms with Gasteiger partial charge in [0, 0.05) is 6.04 Å². The molecule has 1 saturated carbocycles. The van der Waals surface area contributed by atoms with Crippen molar-refractivity contribution >= 4 is 0 Å². The van der Waals surface area contributed by atoms with Crippen LogP contribution in [0.15, 0.2) is 0 Å². The summed E-state index contributed by atoms with van der Waals surface area (Å²) in [4.78, 5) is 2.67. The molecule has 94 valence electrons. The van der Waals surface area contributed by atoms with Gasteiger partial charge in [-0.15, -0.1) is 0 Å². The average molecular weight is 224 g/mol. The second-order valence-corrected chi connectivity index (χ2v) is 5.54. The Bertz CT molecular complexity index is 168. The maximum atomic E-state index is 3.71. The van der Waals surface area contributed by atoms with Crippen molar-refractivity contribution in [2.24, 2.45) is 0 Å². The molecule has 0 spiro atoms. The van der Waals surface area contributed by atoms with E-state index in [-0.39, 0.29) is 0 Å². The Kier molecular flexibility index (Phi) is 5.64. The summed E-state index contributed by atoms with van der Waals surface area (Å²) in [5.41, 5.74) is 0. The maximum Gasteiger partial charge on any atom is 0.00670 e. The van der Waals surface area contributed by atoms with Crippen molar-refractivity contribution in [1.29, 1.82) is 0 Å². The zero-order chi connectivity index (χ0) is 11.1. The third-order valence-electron chi connectivity index (χ3n) is 4.14. The molecule has 0 aromatic heterocycles. The van der Waals surface area contributed by atoms with Crippen molar-refractivity contribution < 1.29 is 0 Å². The zero-order valence-electron chi connectivity index (χ0n) is 10.7. The largest absolute Gasteiger partial charge is 0.314 e. The first-order valence-corrected chi connectivity index (χ1v) is 7.41. The quantitative estimate of drug-likeness (QED) is 0.722. The van der Waals surface area contributed by atoms with Gasteiger partial charge in [0.1, 0.15) is 0 Å². The fraction of sp³-hybridized carbons (Fsp3) is 1.00. The minimum absolute atomic E-state index is 0.851. The summed E-state index contributed by atoms with van der Waals surface area (Å²) in [6, 6.07) is 0.851. The lowest BCUT2D eigenvalue weighted by Gasteiger charge is -2.20. The van der Waals surface area contributed by atoms with Gasteiger partial charge in [-0.3, -0.25) is 0 Å². The van der Waals surface area contributed by atoms with E-state index in [4.69, 9.17) is 0 Å². The van der Waals surface area contributed by atoms with E-state index in [1.807, 2.05) is 0 Å². The topological polar surface area (TPSA) is 15.3 Å². The molecular formula is C14H28N2. The fourth-order valence-corrected chi connectivity index (χ4v) is 3.10. The van der Waals surface area contributed by atoms with E-state index in [0.29, 0.717) is 0 Å². The Hall–Kier alpha value is -0.0800. The van der Waals surface area contributed by atoms with Crippen LogP contribution in [0.25, 0.3) is 0 Å². The van der Waals surface area contributed by atoms with E-state index in [0.717, 1.165) is 6.04 Å². The second kappa shape index (κ2) is 7.29. The van der Waals surface area contributed by atoms with Crippen molar-refractivity contribution in [1.82, 2.24) is 10.2 Å². The smallest absolute Gasteiger partial charge is 0.00670 e. The summed E-state index contributed by atoms with van der Waals surface area (Å²) in [6.07, 6.45) is 12.8. The molecule has 0 aromatic rings. The summed E-state index contributed by atoms with van der Waals surface area (Å²) >= 11 is 0. The lowest BCUT2D eigenvalue weighted by atomic mass is 10.2. The number of nitrogens with zero attached hydrogens (tertiary/aromatic N) is 1. The molecule has 1 aliphatic heterocycles. The highest BCUT2D eigenvalue weighted by Crippen LogP contribution is 2.17. The van der Waals surface area contributed by atoms with Crippen molar-refractivity contribution in [3.63, 3.8) is 0 Å². The summed E-state index contributed by atoms with van der Waals surface area (Å²) in [5.74, 6) is 0. The molecule has 0 amide bonds. The van der Waals surface area contributed by atoms with Crippen LogP contribution in [0, 0.1) is 0 Å². The third-order valence-corrected chi connectivity index (χ3v) is 4.14. The molecule has 0 aromatic carbocycles. The third kappa shape index (κ3) is 4.42. The summed E-state index contributed by atoms with van der Waals surface area (Å²) in [5, 5.41) is 3.71. The predicted octanol–water partition coefficient (Wildman–Crippen LogP) is 2.78. The highest BCUT2D eigenvalue weighted by atomic mass is 15.1. The second-order valence-electron chi connectivity index (χ2n) is 5.54. The molecule has 2 nitrogen and oxygen atoms in total. The maximum absolute atomic E-state index is 3.71. The molecule has 0 radical (unpaired) electrons. The Morgan fingerprint density at radius 3 is 2.25 bits per heavy atom. The zero-order valence-corrected chi connectivity index (χ0v) is 10.7. The van der Waals surface area contributed by atoms with E-state index < -0.39 is 0 Å². The van der Waals surface area contributed by atoms with Crippen LogP contribution in [0.4, 0.5) is 0 Å². The van der Waals surface area contributed by atoms with Crippen LogP contribution in [0.2, 0.25) is 0 Å². The number of rotatable bonds is 5. The molecule has 1 N–H and O–H groups in total. The first kappa shape index (κ1) is 12.4. The van der Waals surface area contributed by atoms with Crippen LogP contribution in [-0.4, -0.2) is 37.1 Å². The molecule has 1 saturated heterocycles. The van der Waals surface area contributed by atoms with Gasteiger partial charge in [-0.1, -0.05) is 25.7 Å². The molecule has 2 rings (SSSR count). The Balaban J connectivity index is 1.49. The Morgan fingerprint density at radius 1 is 0.875 bits per heavy atom. The van der Waals surface area contributed by atoms with Gasteiger partial charge in [-0.25, -0.2) is 0 Å². The number of nitrogens with one attached hydrogen (secondary N) is 1. The minimum Gasteiger partial charge on any atom is -0.314 e. The SMILES string of the molecule is C1CCCN(CCCNC2CCCC2)CC1. The molecule has 1 heterocycles. The van der Waals surface area contributed by atoms with Crippen LogP contribution < -0.4 is 5.32 Å². The van der Waals surface area contributed by atoms with Crippen molar-refractivity contribution in [3.8, 4) is 0 Å². The van der Waals surface area contributed by atoms with Gasteiger partial charge >= 0.3 is 0 Å². The Morgan fingerprint density at radius 2 is 1.56 bits per heavy atom. The van der Waals surface area contributed by atoms with Gasteiger partial charge in [-0.2, -0.15) is 0 Å². The highest BCUT2D eigenvalue weighted by Gasteiger charge is 2.13. The van der Waals surface area contributed by atoms with E-state index >= 15 is 0 Å². The van der Waals surface area contributed by atoms with Gasteiger partial charge in [0.05, 0.1) is 0 Å². The number of hydrogen-bond acceptors (Lipinski definition) is 2. The summed E-state index contributed by atoms with van der Waals surface area (Å²) in [6.45, 7) is 5.26. The van der Waals surface area contributed by atoms with Crippen LogP contribution in [0.5, 0.6) is 0 Å². The van der Waals surface area contributed by atoms with Gasteiger partial charge in [0.15, 0.2) is 0 Å². The first-order valence-electron chi connectivity index (χ1n) is 7.41. The molecule has 2 fully saturated rings. The van der Waals surface area contributed by atoms with Gasteiger partial charge in [0.25, 0.3) is 0 Å². The standard InChI is InChI=1S/C14H28N2/c1-2-6-12-16(11-5-1)13-7-10-15-14-8-3-4-9-14/h14-15H,1-13H2. The van der Waals surface area contributed by atoms with Crippen LogP contribution in [-0.2, 0) is 0 Å². The summed E-state index contributed by atoms with van der Waals surface area (Å²) in [7, 11) is 0. The van der Waals surface area contributed by atoms with Crippen LogP contribution in [0.1, 0.15) is 57.8 Å². The molecule has 2 heteroatoms. The van der Waals surface area contributed by atoms with Crippen molar-refractivity contribution in [3.05, 3.63) is 0 Å². The normalized spacial score (nSPS) is 24.8. The van der Waals surface area contributed by atoms with E-state index in [2.05, 4.69) is 10.2 Å². The average Bonchev–Trinajstić information content (AvgIpc) is 2.68. The molecule has 0 atom stereocenters. The number of hydrogen-bond donors (Lipinski definition) is 1. The lowest BCUT2D eigenvalue weighted by molar-refractivity contribution is 0.278. The fourth-order valence-electron chi connectivity index (χ4n) is 3.10. The van der Waals surface area contributed by atoms with Gasteiger partial charge < -0.3 is 10.2 Å². The molecular weight excluding hydrogens is 196 g/mol. The summed E-state index contributed by atoms with van der Waals surface area (Å²) < 4.78 is 0. The van der Waals surface area contributed by atoms with E-state index in [9.17, 15) is 0 Å². The van der Waals surface area contributed by atoms with Crippen LogP contribution >= 0.6 is 0 Å². The monoisotopic (exact) mass is 224 g/mol. The van der Waals surface area contributed by atoms with Crippen molar-refractivity contribution in [2.75, 3.05) is 26.2 Å². The highest BCUT2D eigenvalue weighted by molar-refractivity contribution is 4.73. The van der Waals surface area contributed by atoms with E-state index in [1.165, 1.54) is 84.0 Å². The number of likely N-dealkylation sites (tertiary alicyclic amines) is 1. The minimum atomic E-state index is 0.851. The van der Waals surface area contributed by atoms with Crippen molar-refractivity contribution in [2.45, 2.75) is 63.8 Å². The van der Waals surface area contributed by atoms with Crippen LogP contribution in [0.3, 0.4) is 0 Å². The molecule has 2 aliphatic rings. The predicted molar refractivity (Wildman–Crippen MR) is 69.8 cm³/mol. The molecule has 0 bridgehead atoms. The van der Waals surface area contributed by atoms with Gasteiger partial charge in [0.2, 0.25) is 0 Å². The Labute approximate surface area is 101 Å². The first-order chi connectivity index (χ1) is 7.95. The molecule has 16 heavy (non-hydrogen) atoms. The van der Waals surface area contributed by atoms with Gasteiger partial charge in [-0.05, 0) is 58.3 Å². The molecule has 0 unspecified atom stereocenters. The molecule has 1 aliphatic carbocycles. The van der Waals surface area contributed by atoms with E-state index in [1.54, 1.807) is 0 Å².